The molecule has 238 valence electrons. The van der Waals surface area contributed by atoms with Gasteiger partial charge >= 0.3 is 6.09 Å². The second-order valence-electron chi connectivity index (χ2n) is 10.8. The number of amides is 1. The van der Waals surface area contributed by atoms with Gasteiger partial charge in [0.15, 0.2) is 11.2 Å². The Labute approximate surface area is 273 Å². The minimum absolute atomic E-state index is 0.0472. The average molecular weight is 654 g/mol. The maximum absolute atomic E-state index is 12.9. The van der Waals surface area contributed by atoms with E-state index in [0.717, 1.165) is 39.9 Å². The third-order valence-corrected chi connectivity index (χ3v) is 8.02. The number of pyridine rings is 1. The van der Waals surface area contributed by atoms with Crippen LogP contribution in [0.2, 0.25) is 10.0 Å². The van der Waals surface area contributed by atoms with E-state index < -0.39 is 6.09 Å². The average Bonchev–Trinajstić information content (AvgIpc) is 2.99. The van der Waals surface area contributed by atoms with E-state index >= 15 is 0 Å². The molecular weight excluding hydrogens is 615 g/mol. The monoisotopic (exact) mass is 652 g/mol. The minimum atomic E-state index is -1.08. The van der Waals surface area contributed by atoms with Gasteiger partial charge in [0.1, 0.15) is 19.0 Å². The molecule has 0 radical (unpaired) electrons. The molecule has 1 heterocycles. The van der Waals surface area contributed by atoms with E-state index in [0.29, 0.717) is 53.2 Å². The minimum Gasteiger partial charge on any atom is -0.490 e. The number of methoxy groups -OCH3 is 1. The van der Waals surface area contributed by atoms with Crippen molar-refractivity contribution in [3.63, 3.8) is 0 Å². The smallest absolute Gasteiger partial charge is 0.404 e. The summed E-state index contributed by atoms with van der Waals surface area (Å²) in [6.07, 6.45) is 2.67. The zero-order chi connectivity index (χ0) is 32.3. The first kappa shape index (κ1) is 33.9. The number of hydrogen-bond acceptors (Lipinski definition) is 5. The van der Waals surface area contributed by atoms with E-state index in [1.165, 1.54) is 6.07 Å². The molecule has 45 heavy (non-hydrogen) atoms. The molecule has 3 N–H and O–H groups in total. The lowest BCUT2D eigenvalue weighted by Crippen LogP contribution is -2.28. The molecule has 0 spiro atoms. The van der Waals surface area contributed by atoms with Crippen LogP contribution in [0.25, 0.3) is 11.1 Å². The van der Waals surface area contributed by atoms with Crippen molar-refractivity contribution >= 4 is 29.3 Å². The summed E-state index contributed by atoms with van der Waals surface area (Å²) in [6, 6.07) is 18.8. The summed E-state index contributed by atoms with van der Waals surface area (Å²) in [7, 11) is 1.66. The normalized spacial score (nSPS) is 11.7. The van der Waals surface area contributed by atoms with Crippen LogP contribution >= 0.6 is 23.2 Å². The number of carboxylic acid groups (broad SMARTS) is 1. The lowest BCUT2D eigenvalue weighted by atomic mass is 9.87. The van der Waals surface area contributed by atoms with E-state index in [4.69, 9.17) is 37.4 Å². The fraction of sp³-hybridized carbons (Fsp3) is 0.314. The van der Waals surface area contributed by atoms with Gasteiger partial charge in [-0.1, -0.05) is 53.5 Å². The van der Waals surface area contributed by atoms with Crippen LogP contribution in [0.15, 0.2) is 71.7 Å². The van der Waals surface area contributed by atoms with Crippen molar-refractivity contribution in [2.45, 2.75) is 39.0 Å². The Kier molecular flexibility index (Phi) is 12.3. The first-order chi connectivity index (χ1) is 21.7. The van der Waals surface area contributed by atoms with Gasteiger partial charge in [-0.25, -0.2) is 4.79 Å². The molecule has 0 saturated carbocycles. The summed E-state index contributed by atoms with van der Waals surface area (Å²) in [5.41, 5.74) is 6.26. The van der Waals surface area contributed by atoms with Gasteiger partial charge in [-0.2, -0.15) is 0 Å². The molecule has 0 fully saturated rings. The standard InChI is InChI=1S/C35H38Cl2N2O6/c1-22-17-29(36)34(30(37)18-22)45-16-15-44-27-9-6-24(7-10-27)20-26(21-39-35(41)42)28-11-8-25(19-23(28)2)33-31(5-4-14-43-3)38-13-12-32(33)40/h6-13,17-19,26,39H,4-5,14-16,20-21H2,1-3H3,(H,38,40)(H,41,42). The van der Waals surface area contributed by atoms with Crippen LogP contribution < -0.4 is 20.2 Å². The maximum Gasteiger partial charge on any atom is 0.404 e. The fourth-order valence-electron chi connectivity index (χ4n) is 5.35. The number of rotatable bonds is 15. The number of benzene rings is 3. The van der Waals surface area contributed by atoms with Crippen LogP contribution in [0.1, 0.15) is 40.3 Å². The lowest BCUT2D eigenvalue weighted by Gasteiger charge is -2.21. The molecule has 1 unspecified atom stereocenters. The lowest BCUT2D eigenvalue weighted by molar-refractivity contribution is 0.193. The Balaban J connectivity index is 1.44. The van der Waals surface area contributed by atoms with E-state index in [1.807, 2.05) is 56.3 Å². The predicted octanol–water partition coefficient (Wildman–Crippen LogP) is 7.60. The maximum atomic E-state index is 12.9. The molecular formula is C35H38Cl2N2O6. The van der Waals surface area contributed by atoms with Crippen LogP contribution in [0.3, 0.4) is 0 Å². The van der Waals surface area contributed by atoms with E-state index in [1.54, 1.807) is 25.4 Å². The van der Waals surface area contributed by atoms with E-state index in [2.05, 4.69) is 10.3 Å². The topological polar surface area (TPSA) is 110 Å². The van der Waals surface area contributed by atoms with Crippen molar-refractivity contribution in [2.75, 3.05) is 33.5 Å². The van der Waals surface area contributed by atoms with Gasteiger partial charge in [-0.05, 0) is 85.2 Å². The summed E-state index contributed by atoms with van der Waals surface area (Å²) < 4.78 is 16.8. The molecule has 0 aliphatic heterocycles. The van der Waals surface area contributed by atoms with Crippen molar-refractivity contribution in [1.82, 2.24) is 10.3 Å². The first-order valence-corrected chi connectivity index (χ1v) is 15.5. The highest BCUT2D eigenvalue weighted by Gasteiger charge is 2.18. The van der Waals surface area contributed by atoms with Gasteiger partial charge in [-0.3, -0.25) is 4.79 Å². The third kappa shape index (κ3) is 9.50. The van der Waals surface area contributed by atoms with Crippen LogP contribution in [-0.4, -0.2) is 49.7 Å². The Morgan fingerprint density at radius 3 is 2.33 bits per heavy atom. The number of halogens is 2. The number of aryl methyl sites for hydroxylation is 3. The van der Waals surface area contributed by atoms with Crippen LogP contribution in [0.5, 0.6) is 11.5 Å². The molecule has 0 aliphatic carbocycles. The van der Waals surface area contributed by atoms with Crippen LogP contribution in [0, 0.1) is 13.8 Å². The molecule has 3 aromatic carbocycles. The van der Waals surface area contributed by atoms with Crippen molar-refractivity contribution in [1.29, 1.82) is 0 Å². The van der Waals surface area contributed by atoms with Gasteiger partial charge in [0.2, 0.25) is 0 Å². The van der Waals surface area contributed by atoms with Gasteiger partial charge in [0.05, 0.1) is 10.0 Å². The number of nitrogens with one attached hydrogen (secondary N) is 2. The van der Waals surface area contributed by atoms with E-state index in [-0.39, 0.29) is 24.5 Å². The Hall–Kier alpha value is -3.98. The number of aromatic amines is 1. The largest absolute Gasteiger partial charge is 0.490 e. The molecule has 0 aliphatic rings. The highest BCUT2D eigenvalue weighted by molar-refractivity contribution is 6.37. The van der Waals surface area contributed by atoms with Crippen molar-refractivity contribution in [3.05, 3.63) is 115 Å². The van der Waals surface area contributed by atoms with Gasteiger partial charge in [0.25, 0.3) is 0 Å². The quantitative estimate of drug-likeness (QED) is 0.114. The molecule has 0 bridgehead atoms. The number of ether oxygens (including phenoxy) is 3. The summed E-state index contributed by atoms with van der Waals surface area (Å²) >= 11 is 12.5. The molecule has 10 heteroatoms. The second-order valence-corrected chi connectivity index (χ2v) is 11.7. The number of H-pyrrole nitrogens is 1. The summed E-state index contributed by atoms with van der Waals surface area (Å²) in [6.45, 7) is 5.31. The fourth-order valence-corrected chi connectivity index (χ4v) is 6.06. The first-order valence-electron chi connectivity index (χ1n) is 14.7. The molecule has 1 aromatic heterocycles. The number of carbonyl (C=O) groups is 1. The van der Waals surface area contributed by atoms with Crippen molar-refractivity contribution < 1.29 is 24.1 Å². The van der Waals surface area contributed by atoms with E-state index in [9.17, 15) is 14.7 Å². The second kappa shape index (κ2) is 16.4. The molecule has 1 atom stereocenters. The third-order valence-electron chi connectivity index (χ3n) is 7.46. The van der Waals surface area contributed by atoms with Crippen molar-refractivity contribution in [3.8, 4) is 22.6 Å². The molecule has 0 saturated heterocycles. The van der Waals surface area contributed by atoms with Gasteiger partial charge < -0.3 is 29.6 Å². The Morgan fingerprint density at radius 2 is 1.67 bits per heavy atom. The van der Waals surface area contributed by atoms with Gasteiger partial charge in [-0.15, -0.1) is 0 Å². The SMILES string of the molecule is COCCCc1[nH]ccc(=O)c1-c1ccc(C(CNC(=O)O)Cc2ccc(OCCOc3c(Cl)cc(C)cc3Cl)cc2)c(C)c1. The molecule has 4 rings (SSSR count). The Morgan fingerprint density at radius 1 is 0.956 bits per heavy atom. The van der Waals surface area contributed by atoms with Crippen LogP contribution in [-0.2, 0) is 17.6 Å². The highest BCUT2D eigenvalue weighted by atomic mass is 35.5. The molecule has 4 aromatic rings. The summed E-state index contributed by atoms with van der Waals surface area (Å²) in [5.74, 6) is 0.985. The molecule has 8 nitrogen and oxygen atoms in total. The van der Waals surface area contributed by atoms with Gasteiger partial charge in [0, 0.05) is 49.7 Å². The van der Waals surface area contributed by atoms with Crippen LogP contribution in [0.4, 0.5) is 4.79 Å². The summed E-state index contributed by atoms with van der Waals surface area (Å²) in [4.78, 5) is 27.5. The Bertz CT molecular complexity index is 1630. The molecule has 1 amide bonds. The summed E-state index contributed by atoms with van der Waals surface area (Å²) in [5, 5.41) is 12.8. The zero-order valence-electron chi connectivity index (χ0n) is 25.6. The van der Waals surface area contributed by atoms with Crippen molar-refractivity contribution in [2.24, 2.45) is 0 Å². The number of hydrogen-bond donors (Lipinski definition) is 3. The predicted molar refractivity (Wildman–Crippen MR) is 179 cm³/mol. The zero-order valence-corrected chi connectivity index (χ0v) is 27.1. The number of aromatic nitrogens is 1. The highest BCUT2D eigenvalue weighted by Crippen LogP contribution is 2.34.